The van der Waals surface area contributed by atoms with Crippen LogP contribution in [0.5, 0.6) is 0 Å². The van der Waals surface area contributed by atoms with Gasteiger partial charge in [-0.2, -0.15) is 0 Å². The number of amides is 3. The second kappa shape index (κ2) is 22.0. The number of likely N-dealkylation sites (N-methyl/N-ethyl adjacent to an activating group) is 1. The summed E-state index contributed by atoms with van der Waals surface area (Å²) in [5, 5.41) is 8.18. The summed E-state index contributed by atoms with van der Waals surface area (Å²) in [4.78, 5) is 60.4. The number of urea groups is 1. The zero-order valence-electron chi connectivity index (χ0n) is 42.9. The molecule has 5 saturated heterocycles. The van der Waals surface area contributed by atoms with Crippen molar-refractivity contribution in [2.24, 2.45) is 11.3 Å². The van der Waals surface area contributed by atoms with Crippen molar-refractivity contribution in [1.29, 1.82) is 0 Å². The van der Waals surface area contributed by atoms with Crippen molar-refractivity contribution in [2.45, 2.75) is 109 Å². The highest BCUT2D eigenvalue weighted by molar-refractivity contribution is 7.10. The van der Waals surface area contributed by atoms with Crippen LogP contribution in [0, 0.1) is 11.3 Å². The lowest BCUT2D eigenvalue weighted by Crippen LogP contribution is -2.67. The highest BCUT2D eigenvalue weighted by Crippen LogP contribution is 2.44. The van der Waals surface area contributed by atoms with Gasteiger partial charge in [0.2, 0.25) is 0 Å². The third-order valence-electron chi connectivity index (χ3n) is 15.6. The van der Waals surface area contributed by atoms with E-state index in [9.17, 15) is 14.4 Å². The topological polar surface area (TPSA) is 174 Å². The van der Waals surface area contributed by atoms with E-state index in [1.165, 1.54) is 16.3 Å². The highest BCUT2D eigenvalue weighted by atomic mass is 32.1. The van der Waals surface area contributed by atoms with Crippen molar-refractivity contribution in [3.05, 3.63) is 52.1 Å². The van der Waals surface area contributed by atoms with Gasteiger partial charge in [-0.25, -0.2) is 15.2 Å². The fourth-order valence-corrected chi connectivity index (χ4v) is 12.3. The molecule has 6 aliphatic rings. The van der Waals surface area contributed by atoms with Crippen LogP contribution < -0.4 is 15.6 Å². The maximum atomic E-state index is 14.9. The fraction of sp³-hybridized carbons (Fsp3) is 0.642. The Balaban J connectivity index is 1.11. The van der Waals surface area contributed by atoms with Crippen molar-refractivity contribution in [2.75, 3.05) is 105 Å². The van der Waals surface area contributed by atoms with Crippen molar-refractivity contribution < 1.29 is 42.8 Å². The van der Waals surface area contributed by atoms with Crippen LogP contribution in [-0.2, 0) is 51.0 Å². The van der Waals surface area contributed by atoms with Gasteiger partial charge in [0, 0.05) is 124 Å². The summed E-state index contributed by atoms with van der Waals surface area (Å²) >= 11 is 1.40. The molecule has 72 heavy (non-hydrogen) atoms. The summed E-state index contributed by atoms with van der Waals surface area (Å²) in [5.41, 5.74) is 10.3. The van der Waals surface area contributed by atoms with Gasteiger partial charge in [0.25, 0.3) is 5.91 Å². The van der Waals surface area contributed by atoms with Crippen LogP contribution >= 0.6 is 11.3 Å². The number of rotatable bonds is 11. The molecular weight excluding hydrogens is 939 g/mol. The van der Waals surface area contributed by atoms with E-state index in [0.717, 1.165) is 95.8 Å². The first-order valence-corrected chi connectivity index (χ1v) is 27.0. The second-order valence-electron chi connectivity index (χ2n) is 21.2. The molecule has 0 aliphatic carbocycles. The van der Waals surface area contributed by atoms with Gasteiger partial charge < -0.3 is 53.0 Å². The number of ether oxygens (including phenoxy) is 6. The summed E-state index contributed by atoms with van der Waals surface area (Å²) in [7, 11) is 3.89. The van der Waals surface area contributed by atoms with Crippen molar-refractivity contribution >= 4 is 45.8 Å². The van der Waals surface area contributed by atoms with Crippen LogP contribution in [-0.4, -0.2) is 171 Å². The van der Waals surface area contributed by atoms with E-state index in [-0.39, 0.29) is 43.4 Å². The molecule has 6 atom stereocenters. The average Bonchev–Trinajstić information content (AvgIpc) is 3.99. The smallest absolute Gasteiger partial charge is 0.324 e. The van der Waals surface area contributed by atoms with E-state index in [0.29, 0.717) is 76.9 Å². The Hall–Kier alpha value is -4.73. The number of fused-ring (bicyclic) bond motifs is 7. The van der Waals surface area contributed by atoms with Crippen LogP contribution in [0.4, 0.5) is 10.5 Å². The first kappa shape index (κ1) is 50.8. The summed E-state index contributed by atoms with van der Waals surface area (Å²) in [6.07, 6.45) is 4.92. The molecule has 18 nitrogen and oxygen atoms in total. The van der Waals surface area contributed by atoms with E-state index in [1.807, 2.05) is 25.4 Å². The Labute approximate surface area is 426 Å². The molecule has 6 bridgehead atoms. The third-order valence-corrected chi connectivity index (χ3v) is 16.5. The zero-order chi connectivity index (χ0) is 50.1. The van der Waals surface area contributed by atoms with E-state index in [1.54, 1.807) is 12.0 Å². The lowest BCUT2D eigenvalue weighted by Gasteiger charge is -2.50. The Kier molecular flexibility index (Phi) is 15.5. The number of nitrogens with zero attached hydrogens (tertiary/aromatic N) is 7. The molecule has 0 spiro atoms. The number of thiazole rings is 1. The number of pyridine rings is 1. The molecule has 3 aromatic heterocycles. The highest BCUT2D eigenvalue weighted by Gasteiger charge is 2.47. The number of likely N-dealkylation sites (tertiary alicyclic amines) is 1. The number of carbonyl (C=O) groups is 3. The van der Waals surface area contributed by atoms with Crippen LogP contribution in [0.2, 0.25) is 0 Å². The van der Waals surface area contributed by atoms with Gasteiger partial charge in [-0.1, -0.05) is 19.9 Å². The first-order chi connectivity index (χ1) is 34.9. The number of esters is 1. The second-order valence-corrected chi connectivity index (χ2v) is 22.1. The number of cyclic esters (lactones) is 1. The maximum Gasteiger partial charge on any atom is 0.324 e. The Bertz CT molecular complexity index is 2570. The molecule has 19 heteroatoms. The Morgan fingerprint density at radius 3 is 2.61 bits per heavy atom. The summed E-state index contributed by atoms with van der Waals surface area (Å²) in [5.74, 6) is -0.572. The Morgan fingerprint density at radius 1 is 1.03 bits per heavy atom. The molecule has 5 fully saturated rings. The van der Waals surface area contributed by atoms with E-state index in [4.69, 9.17) is 38.4 Å². The Morgan fingerprint density at radius 2 is 1.83 bits per heavy atom. The molecule has 6 aliphatic heterocycles. The predicted octanol–water partition coefficient (Wildman–Crippen LogP) is 5.98. The number of aromatic nitrogens is 3. The zero-order valence-corrected chi connectivity index (χ0v) is 43.7. The molecule has 1 aromatic carbocycles. The largest absolute Gasteiger partial charge is 0.464 e. The molecule has 4 aromatic rings. The van der Waals surface area contributed by atoms with Gasteiger partial charge in [-0.15, -0.1) is 11.3 Å². The van der Waals surface area contributed by atoms with Gasteiger partial charge in [-0.05, 0) is 83.2 Å². The molecule has 3 amide bonds. The van der Waals surface area contributed by atoms with Crippen molar-refractivity contribution in [3.8, 4) is 22.5 Å². The summed E-state index contributed by atoms with van der Waals surface area (Å²) in [6, 6.07) is 6.59. The quantitative estimate of drug-likeness (QED) is 0.168. The van der Waals surface area contributed by atoms with Crippen molar-refractivity contribution in [1.82, 2.24) is 40.1 Å². The number of anilines is 1. The van der Waals surface area contributed by atoms with Gasteiger partial charge in [0.05, 0.1) is 61.0 Å². The number of benzene rings is 1. The third kappa shape index (κ3) is 10.6. The molecule has 0 radical (unpaired) electrons. The molecule has 2 N–H and O–H groups in total. The molecule has 390 valence electrons. The SMILES string of the molecule is CCO[C@@H]1c2nc(cs2)-c2ccc3c(c2)c(c(-c2cc(N4CCN(C)CC4)cnc2[C@H](C)OC)n3CCOC2CCOCC2)CC(C)(C)COC(=O)[C@@H]2CCCN(N2)C(=O)[C@H]1NC(=O)N1C[C@@H]2COCC[C@@H]21. The number of hydrogen-bond acceptors (Lipinski definition) is 15. The molecule has 0 unspecified atom stereocenters. The normalized spacial score (nSPS) is 25.9. The van der Waals surface area contributed by atoms with Gasteiger partial charge >= 0.3 is 12.0 Å². The number of methoxy groups -OCH3 is 1. The monoisotopic (exact) mass is 1010 g/mol. The predicted molar refractivity (Wildman–Crippen MR) is 274 cm³/mol. The minimum Gasteiger partial charge on any atom is -0.464 e. The van der Waals surface area contributed by atoms with Crippen LogP contribution in [0.1, 0.15) is 88.3 Å². The van der Waals surface area contributed by atoms with Crippen LogP contribution in [0.15, 0.2) is 35.8 Å². The van der Waals surface area contributed by atoms with E-state index in [2.05, 4.69) is 70.3 Å². The summed E-state index contributed by atoms with van der Waals surface area (Å²) in [6.45, 7) is 16.8. The minimum atomic E-state index is -1.15. The maximum absolute atomic E-state index is 14.9. The number of piperazine rings is 1. The van der Waals surface area contributed by atoms with Gasteiger partial charge in [-0.3, -0.25) is 19.6 Å². The number of carbonyl (C=O) groups excluding carboxylic acids is 3. The number of nitrogens with one attached hydrogen (secondary N) is 2. The number of hydrogen-bond donors (Lipinski definition) is 2. The lowest BCUT2D eigenvalue weighted by atomic mass is 9.84. The van der Waals surface area contributed by atoms with Gasteiger partial charge in [0.15, 0.2) is 0 Å². The molecule has 9 heterocycles. The minimum absolute atomic E-state index is 0.0448. The number of hydrazine groups is 1. The molecule has 10 rings (SSSR count). The molecular formula is C53H73N9O9S. The van der Waals surface area contributed by atoms with E-state index < -0.39 is 35.5 Å². The fourth-order valence-electron chi connectivity index (χ4n) is 11.3. The van der Waals surface area contributed by atoms with Gasteiger partial charge in [0.1, 0.15) is 23.2 Å². The summed E-state index contributed by atoms with van der Waals surface area (Å²) < 4.78 is 39.2. The standard InChI is InChI=1S/C53H73N9O9S/c1-7-69-48-46(56-52(65)61-29-35-30-68-23-14-43(35)61)50(63)62-15-8-9-41(57-62)51(64)71-32-53(3,4)27-40-38-25-34(42-31-72-49(48)55-42)10-11-44(38)60(20-24-70-37-12-21-67-22-13-37)47(40)39-26-36(28-54-45(39)33(2)66-6)59-18-16-58(5)17-19-59/h10-11,25-26,28,31,33,35,37,41,43,46,48,57H,7-9,12-24,27,29-30,32H2,1-6H3,(H,56,65)/t33-,35+,41-,43-,46-,48-/m0/s1. The lowest BCUT2D eigenvalue weighted by molar-refractivity contribution is -0.156. The first-order valence-electron chi connectivity index (χ1n) is 26.2. The van der Waals surface area contributed by atoms with Crippen molar-refractivity contribution in [3.63, 3.8) is 0 Å². The van der Waals surface area contributed by atoms with Crippen LogP contribution in [0.3, 0.4) is 0 Å². The van der Waals surface area contributed by atoms with E-state index >= 15 is 0 Å². The van der Waals surface area contributed by atoms with Crippen LogP contribution in [0.25, 0.3) is 33.4 Å². The average molecular weight is 1010 g/mol. The molecule has 0 saturated carbocycles.